The number of benzene rings is 1. The number of piperazine rings is 1. The van der Waals surface area contributed by atoms with Crippen LogP contribution >= 0.6 is 24.4 Å². The summed E-state index contributed by atoms with van der Waals surface area (Å²) in [5.74, 6) is 0.141. The zero-order chi connectivity index (χ0) is 22.7. The summed E-state index contributed by atoms with van der Waals surface area (Å²) in [6, 6.07) is 4.96. The molecule has 3 aliphatic rings. The maximum Gasteiger partial charge on any atom is 0.414 e. The first-order valence-electron chi connectivity index (χ1n) is 11.2. The molecule has 1 atom stereocenters. The zero-order valence-corrected chi connectivity index (χ0v) is 19.9. The molecule has 174 valence electrons. The second-order valence-corrected chi connectivity index (χ2v) is 9.56. The van der Waals surface area contributed by atoms with Crippen LogP contribution in [0.3, 0.4) is 0 Å². The summed E-state index contributed by atoms with van der Waals surface area (Å²) in [5, 5.41) is 6.39. The molecule has 0 radical (unpaired) electrons. The number of nitrogens with one attached hydrogen (secondary N) is 2. The van der Waals surface area contributed by atoms with Crippen LogP contribution in [0.5, 0.6) is 0 Å². The maximum absolute atomic E-state index is 15.0. The summed E-state index contributed by atoms with van der Waals surface area (Å²) in [7, 11) is 0. The number of halogens is 1. The molecule has 3 fully saturated rings. The highest BCUT2D eigenvalue weighted by Crippen LogP contribution is 2.29. The highest BCUT2D eigenvalue weighted by atomic mass is 32.1. The van der Waals surface area contributed by atoms with E-state index in [0.29, 0.717) is 35.4 Å². The van der Waals surface area contributed by atoms with Crippen molar-refractivity contribution in [2.75, 3.05) is 62.2 Å². The normalized spacial score (nSPS) is 22.1. The van der Waals surface area contributed by atoms with E-state index in [1.54, 1.807) is 19.1 Å². The third kappa shape index (κ3) is 5.29. The Morgan fingerprint density at radius 2 is 1.94 bits per heavy atom. The lowest BCUT2D eigenvalue weighted by molar-refractivity contribution is 0.143. The molecule has 32 heavy (non-hydrogen) atoms. The minimum atomic E-state index is -0.467. The molecule has 0 aromatic heterocycles. The van der Waals surface area contributed by atoms with Crippen molar-refractivity contribution in [3.8, 4) is 0 Å². The van der Waals surface area contributed by atoms with Crippen LogP contribution in [0.15, 0.2) is 18.2 Å². The van der Waals surface area contributed by atoms with E-state index < -0.39 is 6.09 Å². The van der Waals surface area contributed by atoms with Crippen LogP contribution in [0.2, 0.25) is 0 Å². The van der Waals surface area contributed by atoms with Crippen molar-refractivity contribution in [3.05, 3.63) is 24.0 Å². The number of rotatable bonds is 5. The summed E-state index contributed by atoms with van der Waals surface area (Å²) in [6.45, 7) is 7.68. The molecule has 0 bridgehead atoms. The Balaban J connectivity index is 1.34. The molecule has 10 heteroatoms. The van der Waals surface area contributed by atoms with E-state index in [0.717, 1.165) is 57.1 Å². The van der Waals surface area contributed by atoms with Gasteiger partial charge in [-0.25, -0.2) is 9.18 Å². The van der Waals surface area contributed by atoms with Crippen molar-refractivity contribution in [2.45, 2.75) is 25.9 Å². The van der Waals surface area contributed by atoms with Crippen LogP contribution in [-0.4, -0.2) is 79.4 Å². The van der Waals surface area contributed by atoms with Gasteiger partial charge in [-0.2, -0.15) is 0 Å². The van der Waals surface area contributed by atoms with Crippen LogP contribution in [-0.2, 0) is 4.74 Å². The Labute approximate surface area is 199 Å². The number of carbonyl (C=O) groups excluding carboxylic acids is 1. The van der Waals surface area contributed by atoms with Crippen molar-refractivity contribution in [1.82, 2.24) is 15.5 Å². The number of nitrogens with zero attached hydrogens (tertiary/aromatic N) is 3. The van der Waals surface area contributed by atoms with E-state index in [-0.39, 0.29) is 11.9 Å². The second-order valence-electron chi connectivity index (χ2n) is 8.53. The molecule has 1 aromatic carbocycles. The Bertz CT molecular complexity index is 872. The first-order chi connectivity index (χ1) is 15.4. The van der Waals surface area contributed by atoms with Gasteiger partial charge >= 0.3 is 6.09 Å². The van der Waals surface area contributed by atoms with Crippen LogP contribution in [0.25, 0.3) is 0 Å². The third-order valence-corrected chi connectivity index (χ3v) is 7.05. The monoisotopic (exact) mass is 479 g/mol. The lowest BCUT2D eigenvalue weighted by Gasteiger charge is -2.40. The van der Waals surface area contributed by atoms with E-state index in [1.165, 1.54) is 11.0 Å². The van der Waals surface area contributed by atoms with E-state index >= 15 is 4.39 Å². The van der Waals surface area contributed by atoms with E-state index in [2.05, 4.69) is 20.4 Å². The first-order valence-corrected chi connectivity index (χ1v) is 12.0. The average molecular weight is 480 g/mol. The molecule has 3 heterocycles. The molecule has 0 saturated carbocycles. The standard InChI is InChI=1S/C22H30FN5O2S2/c1-15(31)25-13-18-14-28(22(29)30-18)17-2-3-20(19(23)12-17)26-8-10-27(11-9-26)21(32)16-4-6-24-7-5-16/h2-3,12,16,18,24H,4-11,13-14H2,1H3,(H,25,31)/t18-/m0/s1. The van der Waals surface area contributed by atoms with Gasteiger partial charge in [0.05, 0.1) is 34.4 Å². The van der Waals surface area contributed by atoms with Gasteiger partial charge in [0.1, 0.15) is 11.9 Å². The maximum atomic E-state index is 15.0. The number of anilines is 2. The van der Waals surface area contributed by atoms with Gasteiger partial charge in [0.15, 0.2) is 0 Å². The summed E-state index contributed by atoms with van der Waals surface area (Å²) in [5.41, 5.74) is 1.06. The summed E-state index contributed by atoms with van der Waals surface area (Å²) >= 11 is 10.7. The van der Waals surface area contributed by atoms with E-state index in [4.69, 9.17) is 29.2 Å². The smallest absolute Gasteiger partial charge is 0.414 e. The van der Waals surface area contributed by atoms with Crippen molar-refractivity contribution >= 4 is 51.9 Å². The molecule has 0 aliphatic carbocycles. The predicted molar refractivity (Wildman–Crippen MR) is 132 cm³/mol. The highest BCUT2D eigenvalue weighted by Gasteiger charge is 2.33. The predicted octanol–water partition coefficient (Wildman–Crippen LogP) is 2.54. The van der Waals surface area contributed by atoms with Crippen LogP contribution in [0, 0.1) is 11.7 Å². The molecular weight excluding hydrogens is 449 g/mol. The molecule has 3 saturated heterocycles. The second kappa shape index (κ2) is 10.3. The molecule has 0 unspecified atom stereocenters. The SMILES string of the molecule is CC(=S)NC[C@H]1CN(c2ccc(N3CCN(C(=S)C4CCNCC4)CC3)c(F)c2)C(=O)O1. The summed E-state index contributed by atoms with van der Waals surface area (Å²) in [4.78, 5) is 19.8. The number of cyclic esters (lactones) is 1. The van der Waals surface area contributed by atoms with Crippen LogP contribution in [0.1, 0.15) is 19.8 Å². The summed E-state index contributed by atoms with van der Waals surface area (Å²) in [6.07, 6.45) is 1.40. The van der Waals surface area contributed by atoms with E-state index in [1.807, 2.05) is 0 Å². The zero-order valence-electron chi connectivity index (χ0n) is 18.3. The average Bonchev–Trinajstić information content (AvgIpc) is 3.18. The van der Waals surface area contributed by atoms with Crippen molar-refractivity contribution < 1.29 is 13.9 Å². The van der Waals surface area contributed by atoms with Gasteiger partial charge in [0, 0.05) is 32.1 Å². The number of hydrogen-bond acceptors (Lipinski definition) is 6. The van der Waals surface area contributed by atoms with Gasteiger partial charge < -0.3 is 25.2 Å². The summed E-state index contributed by atoms with van der Waals surface area (Å²) < 4.78 is 20.4. The van der Waals surface area contributed by atoms with Crippen molar-refractivity contribution in [1.29, 1.82) is 0 Å². The molecular formula is C22H30FN5O2S2. The van der Waals surface area contributed by atoms with Crippen molar-refractivity contribution in [3.63, 3.8) is 0 Å². The molecule has 1 aromatic rings. The Morgan fingerprint density at radius 1 is 1.22 bits per heavy atom. The molecule has 3 aliphatic heterocycles. The Morgan fingerprint density at radius 3 is 2.59 bits per heavy atom. The van der Waals surface area contributed by atoms with Gasteiger partial charge in [0.25, 0.3) is 0 Å². The number of hydrogen-bond donors (Lipinski definition) is 2. The largest absolute Gasteiger partial charge is 0.442 e. The van der Waals surface area contributed by atoms with Crippen LogP contribution in [0.4, 0.5) is 20.6 Å². The number of amides is 1. The minimum absolute atomic E-state index is 0.319. The van der Waals surface area contributed by atoms with Gasteiger partial charge in [-0.15, -0.1) is 0 Å². The lowest BCUT2D eigenvalue weighted by Crippen LogP contribution is -2.51. The number of piperidine rings is 1. The molecule has 7 nitrogen and oxygen atoms in total. The number of carbonyl (C=O) groups is 1. The van der Waals surface area contributed by atoms with Crippen LogP contribution < -0.4 is 20.4 Å². The fourth-order valence-electron chi connectivity index (χ4n) is 4.51. The molecule has 1 amide bonds. The van der Waals surface area contributed by atoms with Gasteiger partial charge in [-0.1, -0.05) is 24.4 Å². The fourth-order valence-corrected chi connectivity index (χ4v) is 5.01. The number of thiocarbonyl (C=S) groups is 2. The highest BCUT2D eigenvalue weighted by molar-refractivity contribution is 7.80. The van der Waals surface area contributed by atoms with E-state index in [9.17, 15) is 4.79 Å². The van der Waals surface area contributed by atoms with Gasteiger partial charge in [-0.3, -0.25) is 4.90 Å². The number of ether oxygens (including phenoxy) is 1. The Hall–Kier alpha value is -2.04. The Kier molecular flexibility index (Phi) is 7.42. The molecule has 0 spiro atoms. The molecule has 4 rings (SSSR count). The third-order valence-electron chi connectivity index (χ3n) is 6.32. The fraction of sp³-hybridized carbons (Fsp3) is 0.591. The topological polar surface area (TPSA) is 60.1 Å². The van der Waals surface area contributed by atoms with Gasteiger partial charge in [-0.05, 0) is 51.1 Å². The van der Waals surface area contributed by atoms with Gasteiger partial charge in [0.2, 0.25) is 0 Å². The minimum Gasteiger partial charge on any atom is -0.442 e. The molecule has 2 N–H and O–H groups in total. The lowest BCUT2D eigenvalue weighted by atomic mass is 9.97. The quantitative estimate of drug-likeness (QED) is 0.625. The van der Waals surface area contributed by atoms with Crippen molar-refractivity contribution in [2.24, 2.45) is 5.92 Å². The first kappa shape index (κ1) is 23.1.